The van der Waals surface area contributed by atoms with Gasteiger partial charge in [0.25, 0.3) is 0 Å². The van der Waals surface area contributed by atoms with Gasteiger partial charge >= 0.3 is 136 Å². The maximum atomic E-state index is 10.6. The van der Waals surface area contributed by atoms with Crippen LogP contribution in [-0.4, -0.2) is 33.2 Å². The third-order valence-corrected chi connectivity index (χ3v) is 1.88. The van der Waals surface area contributed by atoms with Crippen molar-refractivity contribution in [3.05, 3.63) is 0 Å². The average molecular weight is 286 g/mol. The molecular formula is C7H14Na4O6. The van der Waals surface area contributed by atoms with Crippen LogP contribution in [0.4, 0.5) is 0 Å². The first-order valence-corrected chi connectivity index (χ1v) is 3.55. The Labute approximate surface area is 193 Å². The molecule has 0 aliphatic carbocycles. The first-order chi connectivity index (χ1) is 5.86. The van der Waals surface area contributed by atoms with E-state index in [1.165, 1.54) is 6.92 Å². The van der Waals surface area contributed by atoms with E-state index in [1.54, 1.807) is 0 Å². The summed E-state index contributed by atoms with van der Waals surface area (Å²) in [6.07, 6.45) is -1.17. The molecule has 0 unspecified atom stereocenters. The molecule has 0 saturated heterocycles. The quantitative estimate of drug-likeness (QED) is 0.342. The largest absolute Gasteiger partial charge is 1.00 e. The molecule has 10 heteroatoms. The van der Waals surface area contributed by atoms with Crippen LogP contribution in [0.1, 0.15) is 25.5 Å². The van der Waals surface area contributed by atoms with Gasteiger partial charge in [-0.15, -0.1) is 0 Å². The molecule has 0 aromatic carbocycles. The number of hydrogen-bond acceptors (Lipinski definition) is 3. The maximum Gasteiger partial charge on any atom is 1.00 e. The smallest absolute Gasteiger partial charge is 1.00 e. The summed E-state index contributed by atoms with van der Waals surface area (Å²) in [5, 5.41) is 25.5. The van der Waals surface area contributed by atoms with Gasteiger partial charge in [-0.2, -0.15) is 0 Å². The van der Waals surface area contributed by atoms with Crippen LogP contribution in [0.2, 0.25) is 0 Å². The minimum absolute atomic E-state index is 0. The molecule has 0 fully saturated rings. The molecule has 0 aliphatic heterocycles. The maximum absolute atomic E-state index is 10.6. The van der Waals surface area contributed by atoms with Crippen LogP contribution in [0.15, 0.2) is 0 Å². The predicted molar refractivity (Wildman–Crippen MR) is 44.7 cm³/mol. The minimum Gasteiger partial charge on any atom is -1.00 e. The fourth-order valence-electron chi connectivity index (χ4n) is 0.928. The number of hydrogen-bond donors (Lipinski definition) is 3. The van der Waals surface area contributed by atoms with Crippen molar-refractivity contribution in [3.8, 4) is 0 Å². The molecule has 0 aliphatic rings. The van der Waals surface area contributed by atoms with Gasteiger partial charge in [-0.3, -0.25) is 14.4 Å². The summed E-state index contributed by atoms with van der Waals surface area (Å²) in [6.45, 7) is 1.32. The third kappa shape index (κ3) is 9.87. The third-order valence-electron chi connectivity index (χ3n) is 1.88. The van der Waals surface area contributed by atoms with Gasteiger partial charge in [-0.1, -0.05) is 6.92 Å². The molecule has 0 amide bonds. The molecule has 0 radical (unpaired) electrons. The van der Waals surface area contributed by atoms with Crippen molar-refractivity contribution in [2.45, 2.75) is 19.8 Å². The number of carboxylic acid groups (broad SMARTS) is 3. The van der Waals surface area contributed by atoms with E-state index in [0.717, 1.165) is 0 Å². The van der Waals surface area contributed by atoms with E-state index in [1.807, 2.05) is 0 Å². The van der Waals surface area contributed by atoms with Crippen LogP contribution in [0.5, 0.6) is 0 Å². The summed E-state index contributed by atoms with van der Waals surface area (Å²) in [5.41, 5.74) is -2.20. The van der Waals surface area contributed by atoms with Crippen LogP contribution in [0.3, 0.4) is 0 Å². The Hall–Kier alpha value is 2.41. The van der Waals surface area contributed by atoms with Gasteiger partial charge in [-0.05, 0) is 6.42 Å². The molecule has 0 heterocycles. The van der Waals surface area contributed by atoms with Crippen LogP contribution in [0, 0.1) is 5.41 Å². The van der Waals surface area contributed by atoms with E-state index in [4.69, 9.17) is 15.3 Å². The van der Waals surface area contributed by atoms with Gasteiger partial charge in [0, 0.05) is 0 Å². The van der Waals surface area contributed by atoms with Crippen molar-refractivity contribution in [3.63, 3.8) is 0 Å². The van der Waals surface area contributed by atoms with Crippen molar-refractivity contribution < 1.29 is 154 Å². The molecule has 3 N–H and O–H groups in total. The predicted octanol–water partition coefficient (Wildman–Crippen LogP) is -11.5. The zero-order valence-corrected chi connectivity index (χ0v) is 19.0. The minimum atomic E-state index is -2.20. The summed E-state index contributed by atoms with van der Waals surface area (Å²) in [5.74, 6) is -4.68. The molecule has 0 aromatic heterocycles. The monoisotopic (exact) mass is 286 g/mol. The van der Waals surface area contributed by atoms with Crippen LogP contribution >= 0.6 is 0 Å². The van der Waals surface area contributed by atoms with Crippen LogP contribution in [-0.2, 0) is 14.4 Å². The molecule has 0 bridgehead atoms. The second-order valence-electron chi connectivity index (χ2n) is 2.62. The van der Waals surface area contributed by atoms with Crippen molar-refractivity contribution in [2.75, 3.05) is 0 Å². The second kappa shape index (κ2) is 14.8. The van der Waals surface area contributed by atoms with Gasteiger partial charge in [0.1, 0.15) is 0 Å². The fraction of sp³-hybridized carbons (Fsp3) is 0.571. The van der Waals surface area contributed by atoms with Crippen LogP contribution in [0.25, 0.3) is 0 Å². The first kappa shape index (κ1) is 31.7. The number of rotatable bonds is 5. The van der Waals surface area contributed by atoms with E-state index in [0.29, 0.717) is 0 Å². The number of aliphatic carboxylic acids is 3. The van der Waals surface area contributed by atoms with Crippen LogP contribution < -0.4 is 118 Å². The zero-order valence-electron chi connectivity index (χ0n) is 15.0. The molecule has 82 valence electrons. The normalized spacial score (nSPS) is 8.29. The molecule has 0 saturated carbocycles. The van der Waals surface area contributed by atoms with Crippen molar-refractivity contribution in [1.29, 1.82) is 0 Å². The van der Waals surface area contributed by atoms with Gasteiger partial charge < -0.3 is 21.0 Å². The Balaban J connectivity index is -0.0000000257. The second-order valence-corrected chi connectivity index (χ2v) is 2.62. The summed E-state index contributed by atoms with van der Waals surface area (Å²) in [7, 11) is 0. The van der Waals surface area contributed by atoms with Gasteiger partial charge in [0.2, 0.25) is 0 Å². The molecule has 0 spiro atoms. The molecular weight excluding hydrogens is 272 g/mol. The van der Waals surface area contributed by atoms with Gasteiger partial charge in [0.15, 0.2) is 5.41 Å². The Morgan fingerprint density at radius 2 is 1.24 bits per heavy atom. The SMILES string of the molecule is CCC(CC(=O)O)(C(=O)O)C(=O)O.[H-].[H-].[H-].[H-].[Na+].[Na+].[Na+].[Na+]. The Bertz CT molecular complexity index is 258. The van der Waals surface area contributed by atoms with E-state index in [9.17, 15) is 14.4 Å². The average Bonchev–Trinajstić information content (AvgIpc) is 1.98. The Morgan fingerprint density at radius 3 is 1.29 bits per heavy atom. The number of carboxylic acids is 3. The summed E-state index contributed by atoms with van der Waals surface area (Å²) in [6, 6.07) is 0. The standard InChI is InChI=1S/C7H10O6.4Na.4H/c1-2-7(5(10)11,6(12)13)3-4(8)9;;;;;;;;/h2-3H2,1H3,(H,8,9)(H,10,11)(H,12,13);;;;;;;;/q;4*+1;4*-1. The molecule has 6 nitrogen and oxygen atoms in total. The van der Waals surface area contributed by atoms with E-state index in [-0.39, 0.29) is 130 Å². The van der Waals surface area contributed by atoms with Gasteiger partial charge in [-0.25, -0.2) is 0 Å². The molecule has 0 rings (SSSR count). The van der Waals surface area contributed by atoms with E-state index in [2.05, 4.69) is 0 Å². The topological polar surface area (TPSA) is 112 Å². The summed E-state index contributed by atoms with van der Waals surface area (Å²) >= 11 is 0. The number of carbonyl (C=O) groups is 3. The first-order valence-electron chi connectivity index (χ1n) is 3.55. The summed E-state index contributed by atoms with van der Waals surface area (Å²) < 4.78 is 0. The van der Waals surface area contributed by atoms with Gasteiger partial charge in [0.05, 0.1) is 6.42 Å². The van der Waals surface area contributed by atoms with E-state index < -0.39 is 29.7 Å². The molecule has 17 heavy (non-hydrogen) atoms. The zero-order chi connectivity index (χ0) is 10.6. The van der Waals surface area contributed by atoms with Crippen molar-refractivity contribution in [1.82, 2.24) is 0 Å². The molecule has 0 aromatic rings. The fourth-order valence-corrected chi connectivity index (χ4v) is 0.928. The molecule has 0 atom stereocenters. The van der Waals surface area contributed by atoms with Crippen molar-refractivity contribution >= 4 is 17.9 Å². The Kier molecular flexibility index (Phi) is 27.6. The summed E-state index contributed by atoms with van der Waals surface area (Å²) in [4.78, 5) is 31.4. The van der Waals surface area contributed by atoms with E-state index >= 15 is 0 Å². The Morgan fingerprint density at radius 1 is 0.941 bits per heavy atom. The van der Waals surface area contributed by atoms with Crippen molar-refractivity contribution in [2.24, 2.45) is 5.41 Å².